The van der Waals surface area contributed by atoms with E-state index in [-0.39, 0.29) is 11.8 Å². The predicted molar refractivity (Wildman–Crippen MR) is 105 cm³/mol. The molecule has 0 saturated carbocycles. The lowest BCUT2D eigenvalue weighted by Crippen LogP contribution is -2.55. The van der Waals surface area contributed by atoms with Gasteiger partial charge in [-0.2, -0.15) is 0 Å². The molecule has 0 aliphatic carbocycles. The van der Waals surface area contributed by atoms with Crippen LogP contribution in [0.1, 0.15) is 47.1 Å². The minimum Gasteiger partial charge on any atom is -0.355 e. The molecule has 3 rings (SSSR count). The number of hydrogen-bond donors (Lipinski definition) is 3. The van der Waals surface area contributed by atoms with E-state index in [1.54, 1.807) is 17.0 Å². The van der Waals surface area contributed by atoms with Crippen molar-refractivity contribution in [3.05, 3.63) is 57.9 Å². The van der Waals surface area contributed by atoms with Gasteiger partial charge in [-0.1, -0.05) is 17.7 Å². The van der Waals surface area contributed by atoms with Crippen molar-refractivity contribution in [2.75, 3.05) is 6.54 Å². The Morgan fingerprint density at radius 1 is 1.30 bits per heavy atom. The third kappa shape index (κ3) is 3.87. The first-order valence-electron chi connectivity index (χ1n) is 9.08. The molecule has 1 aromatic carbocycles. The molecule has 0 bridgehead atoms. The van der Waals surface area contributed by atoms with Gasteiger partial charge in [-0.05, 0) is 62.1 Å². The molecule has 6 nitrogen and oxygen atoms in total. The fraction of sp³-hybridized carbons (Fsp3) is 0.400. The summed E-state index contributed by atoms with van der Waals surface area (Å²) in [6.45, 7) is 4.98. The van der Waals surface area contributed by atoms with Gasteiger partial charge in [0.1, 0.15) is 11.2 Å². The second-order valence-electron chi connectivity index (χ2n) is 7.19. The summed E-state index contributed by atoms with van der Waals surface area (Å²) in [6, 6.07) is 9.07. The van der Waals surface area contributed by atoms with Crippen molar-refractivity contribution in [1.82, 2.24) is 15.2 Å². The van der Waals surface area contributed by atoms with E-state index in [4.69, 9.17) is 17.3 Å². The summed E-state index contributed by atoms with van der Waals surface area (Å²) in [6.07, 6.45) is 1.42. The zero-order chi connectivity index (χ0) is 19.6. The highest BCUT2D eigenvalue weighted by molar-refractivity contribution is 6.30. The van der Waals surface area contributed by atoms with Crippen molar-refractivity contribution in [3.8, 4) is 0 Å². The van der Waals surface area contributed by atoms with E-state index in [1.165, 1.54) is 0 Å². The van der Waals surface area contributed by atoms with E-state index in [1.807, 2.05) is 32.0 Å². The highest BCUT2D eigenvalue weighted by atomic mass is 35.5. The number of aromatic amines is 1. The van der Waals surface area contributed by atoms with Crippen LogP contribution in [0.5, 0.6) is 0 Å². The number of benzene rings is 1. The molecule has 27 heavy (non-hydrogen) atoms. The fourth-order valence-electron chi connectivity index (χ4n) is 3.62. The van der Waals surface area contributed by atoms with Crippen molar-refractivity contribution in [2.45, 2.75) is 45.3 Å². The van der Waals surface area contributed by atoms with E-state index >= 15 is 0 Å². The maximum atomic E-state index is 13.0. The van der Waals surface area contributed by atoms with Crippen LogP contribution in [-0.2, 0) is 17.9 Å². The van der Waals surface area contributed by atoms with Crippen LogP contribution in [0.4, 0.5) is 0 Å². The Balaban J connectivity index is 1.74. The Kier molecular flexibility index (Phi) is 5.58. The molecule has 7 heteroatoms. The minimum atomic E-state index is -0.877. The third-order valence-corrected chi connectivity index (χ3v) is 5.50. The lowest BCUT2D eigenvalue weighted by molar-refractivity contribution is -0.130. The summed E-state index contributed by atoms with van der Waals surface area (Å²) >= 11 is 6.07. The van der Waals surface area contributed by atoms with Crippen molar-refractivity contribution >= 4 is 23.4 Å². The average Bonchev–Trinajstić information content (AvgIpc) is 3.26. The number of nitrogens with zero attached hydrogens (tertiary/aromatic N) is 1. The van der Waals surface area contributed by atoms with Gasteiger partial charge >= 0.3 is 0 Å². The first-order chi connectivity index (χ1) is 12.8. The largest absolute Gasteiger partial charge is 0.355 e. The molecule has 1 fully saturated rings. The van der Waals surface area contributed by atoms with Crippen LogP contribution in [-0.4, -0.2) is 33.8 Å². The van der Waals surface area contributed by atoms with Gasteiger partial charge in [0, 0.05) is 30.4 Å². The topological polar surface area (TPSA) is 91.2 Å². The molecule has 2 aromatic rings. The van der Waals surface area contributed by atoms with Gasteiger partial charge in [0.05, 0.1) is 0 Å². The van der Waals surface area contributed by atoms with Crippen LogP contribution < -0.4 is 11.1 Å². The lowest BCUT2D eigenvalue weighted by atomic mass is 9.97. The van der Waals surface area contributed by atoms with Crippen LogP contribution in [0.3, 0.4) is 0 Å². The zero-order valence-electron chi connectivity index (χ0n) is 15.6. The number of nitrogens with one attached hydrogen (secondary N) is 2. The molecule has 1 saturated heterocycles. The second-order valence-corrected chi connectivity index (χ2v) is 7.63. The number of rotatable bonds is 5. The number of H-pyrrole nitrogens is 1. The predicted octanol–water partition coefficient (Wildman–Crippen LogP) is 2.75. The molecule has 1 aliphatic heterocycles. The first-order valence-corrected chi connectivity index (χ1v) is 9.46. The smallest absolute Gasteiger partial charge is 0.271 e. The average molecular weight is 389 g/mol. The zero-order valence-corrected chi connectivity index (χ0v) is 16.4. The minimum absolute atomic E-state index is 0.149. The van der Waals surface area contributed by atoms with Crippen molar-refractivity contribution in [1.29, 1.82) is 0 Å². The van der Waals surface area contributed by atoms with Gasteiger partial charge in [-0.15, -0.1) is 0 Å². The molecular weight excluding hydrogens is 364 g/mol. The van der Waals surface area contributed by atoms with Gasteiger partial charge in [0.15, 0.2) is 0 Å². The van der Waals surface area contributed by atoms with Gasteiger partial charge in [-0.25, -0.2) is 0 Å². The van der Waals surface area contributed by atoms with E-state index in [2.05, 4.69) is 10.3 Å². The molecule has 2 amide bonds. The third-order valence-electron chi connectivity index (χ3n) is 5.27. The maximum absolute atomic E-state index is 13.0. The van der Waals surface area contributed by atoms with Crippen LogP contribution in [0.15, 0.2) is 30.3 Å². The summed E-state index contributed by atoms with van der Waals surface area (Å²) in [7, 11) is 0. The number of amides is 2. The number of hydrogen-bond acceptors (Lipinski definition) is 3. The van der Waals surface area contributed by atoms with Gasteiger partial charge < -0.3 is 20.9 Å². The van der Waals surface area contributed by atoms with Crippen molar-refractivity contribution in [2.24, 2.45) is 5.73 Å². The summed E-state index contributed by atoms with van der Waals surface area (Å²) < 4.78 is 0. The SMILES string of the molecule is Cc1ccc(C(=O)N2CCC[C@@]2(C)C(=O)NCc2cc(Cl)ccc2CN)[nH]1. The molecule has 0 spiro atoms. The van der Waals surface area contributed by atoms with Gasteiger partial charge in [0.2, 0.25) is 5.91 Å². The number of nitrogens with two attached hydrogens (primary N) is 1. The van der Waals surface area contributed by atoms with Crippen LogP contribution >= 0.6 is 11.6 Å². The summed E-state index contributed by atoms with van der Waals surface area (Å²) in [5.41, 5.74) is 8.14. The van der Waals surface area contributed by atoms with Gasteiger partial charge in [-0.3, -0.25) is 9.59 Å². The second kappa shape index (κ2) is 7.74. The van der Waals surface area contributed by atoms with Crippen LogP contribution in [0.2, 0.25) is 5.02 Å². The standard InChI is InChI=1S/C20H25ClN4O2/c1-13-4-7-17(24-13)18(26)25-9-3-8-20(25,2)19(27)23-12-15-10-16(21)6-5-14(15)11-22/h4-7,10,24H,3,8-9,11-12,22H2,1-2H3,(H,23,27)/t20-/m0/s1. The number of aromatic nitrogens is 1. The Morgan fingerprint density at radius 3 is 2.74 bits per heavy atom. The summed E-state index contributed by atoms with van der Waals surface area (Å²) in [4.78, 5) is 30.6. The first kappa shape index (κ1) is 19.5. The highest BCUT2D eigenvalue weighted by Gasteiger charge is 2.46. The Labute approximate surface area is 164 Å². The quantitative estimate of drug-likeness (QED) is 0.735. The number of aryl methyl sites for hydroxylation is 1. The normalized spacial score (nSPS) is 19.3. The lowest BCUT2D eigenvalue weighted by Gasteiger charge is -2.33. The Hall–Kier alpha value is -2.31. The monoisotopic (exact) mass is 388 g/mol. The van der Waals surface area contributed by atoms with E-state index in [0.717, 1.165) is 23.2 Å². The van der Waals surface area contributed by atoms with Crippen LogP contribution in [0, 0.1) is 6.92 Å². The van der Waals surface area contributed by atoms with E-state index < -0.39 is 5.54 Å². The fourth-order valence-corrected chi connectivity index (χ4v) is 3.82. The maximum Gasteiger partial charge on any atom is 0.271 e. The van der Waals surface area contributed by atoms with Crippen LogP contribution in [0.25, 0.3) is 0 Å². The number of halogens is 1. The van der Waals surface area contributed by atoms with Crippen molar-refractivity contribution in [3.63, 3.8) is 0 Å². The molecule has 2 heterocycles. The van der Waals surface area contributed by atoms with E-state index in [0.29, 0.717) is 36.8 Å². The Morgan fingerprint density at radius 2 is 2.07 bits per heavy atom. The molecule has 144 valence electrons. The number of likely N-dealkylation sites (tertiary alicyclic amines) is 1. The molecular formula is C20H25ClN4O2. The Bertz CT molecular complexity index is 863. The molecule has 4 N–H and O–H groups in total. The molecule has 1 atom stereocenters. The molecule has 0 unspecified atom stereocenters. The molecule has 1 aromatic heterocycles. The summed E-state index contributed by atoms with van der Waals surface area (Å²) in [5, 5.41) is 3.57. The molecule has 0 radical (unpaired) electrons. The summed E-state index contributed by atoms with van der Waals surface area (Å²) in [5.74, 6) is -0.316. The molecule has 1 aliphatic rings. The highest BCUT2D eigenvalue weighted by Crippen LogP contribution is 2.31. The van der Waals surface area contributed by atoms with Gasteiger partial charge in [0.25, 0.3) is 5.91 Å². The van der Waals surface area contributed by atoms with E-state index in [9.17, 15) is 9.59 Å². The number of carbonyl (C=O) groups excluding carboxylic acids is 2. The van der Waals surface area contributed by atoms with Crippen molar-refractivity contribution < 1.29 is 9.59 Å². The number of carbonyl (C=O) groups is 2.